The number of nitrogens with zero attached hydrogens (tertiary/aromatic N) is 2. The lowest BCUT2D eigenvalue weighted by Gasteiger charge is -2.23. The summed E-state index contributed by atoms with van der Waals surface area (Å²) in [5, 5.41) is 1.41. The Kier molecular flexibility index (Phi) is 4.35. The van der Waals surface area contributed by atoms with Crippen molar-refractivity contribution in [3.8, 4) is 0 Å². The van der Waals surface area contributed by atoms with Gasteiger partial charge in [0.05, 0.1) is 16.0 Å². The summed E-state index contributed by atoms with van der Waals surface area (Å²) in [6.07, 6.45) is 0. The van der Waals surface area contributed by atoms with Gasteiger partial charge in [0.15, 0.2) is 5.96 Å². The second-order valence-electron chi connectivity index (χ2n) is 3.81. The molecular weight excluding hydrogens is 258 g/mol. The Hall–Kier alpha value is -1.28. The molecule has 1 amide bonds. The fraction of sp³-hybridized carbons (Fsp3) is 0.444. The van der Waals surface area contributed by atoms with Crippen molar-refractivity contribution in [2.24, 2.45) is 22.2 Å². The molecule has 1 heterocycles. The van der Waals surface area contributed by atoms with Gasteiger partial charge in [-0.1, -0.05) is 0 Å². The van der Waals surface area contributed by atoms with E-state index >= 15 is 0 Å². The molecular formula is C9H15N5OS2. The molecule has 1 rings (SSSR count). The summed E-state index contributed by atoms with van der Waals surface area (Å²) in [5.41, 5.74) is 18.4. The Bertz CT molecular complexity index is 411. The topological polar surface area (TPSA) is 120 Å². The minimum Gasteiger partial charge on any atom is -0.370 e. The van der Waals surface area contributed by atoms with E-state index in [4.69, 9.17) is 17.2 Å². The molecule has 0 fully saturated rings. The molecule has 1 aromatic rings. The minimum atomic E-state index is -0.771. The summed E-state index contributed by atoms with van der Waals surface area (Å²) in [6.45, 7) is 3.45. The molecule has 6 nitrogen and oxygen atoms in total. The van der Waals surface area contributed by atoms with E-state index in [-0.39, 0.29) is 5.96 Å². The predicted octanol–water partition coefficient (Wildman–Crippen LogP) is 0.412. The van der Waals surface area contributed by atoms with Crippen LogP contribution in [0.3, 0.4) is 0 Å². The number of aliphatic imine (C=N–C) groups is 1. The zero-order valence-corrected chi connectivity index (χ0v) is 11.2. The van der Waals surface area contributed by atoms with Crippen molar-refractivity contribution < 1.29 is 4.79 Å². The summed E-state index contributed by atoms with van der Waals surface area (Å²) in [7, 11) is 0. The number of hydrogen-bond acceptors (Lipinski definition) is 5. The van der Waals surface area contributed by atoms with Crippen molar-refractivity contribution in [1.29, 1.82) is 0 Å². The number of thioether (sulfide) groups is 1. The van der Waals surface area contributed by atoms with E-state index in [0.29, 0.717) is 5.69 Å². The molecule has 0 radical (unpaired) electrons. The quantitative estimate of drug-likeness (QED) is 0.530. The van der Waals surface area contributed by atoms with Crippen LogP contribution in [0.4, 0.5) is 0 Å². The Morgan fingerprint density at radius 3 is 2.59 bits per heavy atom. The van der Waals surface area contributed by atoms with Gasteiger partial charge < -0.3 is 17.2 Å². The van der Waals surface area contributed by atoms with Gasteiger partial charge in [-0.3, -0.25) is 4.79 Å². The normalized spacial score (nSPS) is 13.1. The molecule has 0 aromatic carbocycles. The second kappa shape index (κ2) is 5.37. The summed E-state index contributed by atoms with van der Waals surface area (Å²) in [6, 6.07) is 0. The molecule has 0 aliphatic rings. The average molecular weight is 273 g/mol. The van der Waals surface area contributed by atoms with Gasteiger partial charge in [-0.15, -0.1) is 23.1 Å². The van der Waals surface area contributed by atoms with Gasteiger partial charge in [0.25, 0.3) is 0 Å². The molecule has 0 saturated heterocycles. The molecule has 0 saturated carbocycles. The van der Waals surface area contributed by atoms with Crippen LogP contribution >= 0.6 is 23.1 Å². The molecule has 1 atom stereocenters. The number of carbonyl (C=O) groups is 1. The molecule has 1 aromatic heterocycles. The highest BCUT2D eigenvalue weighted by atomic mass is 32.2. The van der Waals surface area contributed by atoms with Gasteiger partial charge in [-0.05, 0) is 13.8 Å². The second-order valence-corrected chi connectivity index (χ2v) is 6.23. The van der Waals surface area contributed by atoms with Crippen LogP contribution in [0.1, 0.15) is 24.9 Å². The smallest absolute Gasteiger partial charge is 0.233 e. The number of carbonyl (C=O) groups excluding carboxylic acids is 1. The summed E-state index contributed by atoms with van der Waals surface area (Å²) in [4.78, 5) is 19.5. The van der Waals surface area contributed by atoms with E-state index in [0.717, 1.165) is 0 Å². The molecule has 8 heteroatoms. The van der Waals surface area contributed by atoms with Crippen molar-refractivity contribution in [3.05, 3.63) is 16.6 Å². The lowest BCUT2D eigenvalue weighted by molar-refractivity contribution is -0.119. The van der Waals surface area contributed by atoms with Gasteiger partial charge in [-0.25, -0.2) is 9.98 Å². The maximum atomic E-state index is 11.3. The van der Waals surface area contributed by atoms with Crippen molar-refractivity contribution in [2.75, 3.05) is 0 Å². The van der Waals surface area contributed by atoms with E-state index in [1.54, 1.807) is 19.4 Å². The van der Waals surface area contributed by atoms with Crippen LogP contribution in [0.25, 0.3) is 0 Å². The number of guanidine groups is 1. The Balaban J connectivity index is 2.94. The SMILES string of the molecule is CC(C)(SC(N=C(N)N)c1cscn1)C(N)=O. The molecule has 0 bridgehead atoms. The van der Waals surface area contributed by atoms with Crippen LogP contribution in [-0.2, 0) is 4.79 Å². The number of rotatable bonds is 5. The highest BCUT2D eigenvalue weighted by Gasteiger charge is 2.31. The summed E-state index contributed by atoms with van der Waals surface area (Å²) in [5.74, 6) is -0.468. The van der Waals surface area contributed by atoms with Crippen LogP contribution in [0.2, 0.25) is 0 Å². The van der Waals surface area contributed by atoms with Crippen LogP contribution < -0.4 is 17.2 Å². The minimum absolute atomic E-state index is 0.0456. The van der Waals surface area contributed by atoms with Crippen LogP contribution in [0.15, 0.2) is 15.9 Å². The molecule has 0 spiro atoms. The first-order valence-corrected chi connectivity index (χ1v) is 6.59. The Labute approximate surface area is 108 Å². The molecule has 0 aliphatic carbocycles. The first kappa shape index (κ1) is 13.8. The maximum absolute atomic E-state index is 11.3. The number of thiazole rings is 1. The lowest BCUT2D eigenvalue weighted by Crippen LogP contribution is -2.35. The van der Waals surface area contributed by atoms with Crippen molar-refractivity contribution in [1.82, 2.24) is 4.98 Å². The highest BCUT2D eigenvalue weighted by Crippen LogP contribution is 2.39. The fourth-order valence-corrected chi connectivity index (χ4v) is 2.73. The predicted molar refractivity (Wildman–Crippen MR) is 71.5 cm³/mol. The van der Waals surface area contributed by atoms with Gasteiger partial charge in [0, 0.05) is 5.38 Å². The van der Waals surface area contributed by atoms with Crippen LogP contribution in [-0.4, -0.2) is 21.6 Å². The first-order chi connectivity index (χ1) is 7.83. The molecule has 94 valence electrons. The maximum Gasteiger partial charge on any atom is 0.233 e. The van der Waals surface area contributed by atoms with Crippen molar-refractivity contribution in [3.63, 3.8) is 0 Å². The van der Waals surface area contributed by atoms with E-state index in [1.807, 2.05) is 5.38 Å². The monoisotopic (exact) mass is 273 g/mol. The van der Waals surface area contributed by atoms with E-state index in [1.165, 1.54) is 23.1 Å². The molecule has 0 aliphatic heterocycles. The average Bonchev–Trinajstić information content (AvgIpc) is 2.67. The summed E-state index contributed by atoms with van der Waals surface area (Å²) < 4.78 is -0.771. The number of amides is 1. The number of hydrogen-bond donors (Lipinski definition) is 3. The third-order valence-electron chi connectivity index (χ3n) is 1.97. The Morgan fingerprint density at radius 1 is 1.53 bits per heavy atom. The fourth-order valence-electron chi connectivity index (χ4n) is 0.969. The van der Waals surface area contributed by atoms with E-state index in [2.05, 4.69) is 9.98 Å². The van der Waals surface area contributed by atoms with Crippen molar-refractivity contribution in [2.45, 2.75) is 24.0 Å². The van der Waals surface area contributed by atoms with Crippen LogP contribution in [0, 0.1) is 0 Å². The highest BCUT2D eigenvalue weighted by molar-refractivity contribution is 8.01. The standard InChI is InChI=1S/C9H15N5OS2/c1-9(2,7(10)15)17-6(14-8(11)12)5-3-16-4-13-5/h3-4,6H,1-2H3,(H2,10,15)(H4,11,12,14). The number of nitrogens with two attached hydrogens (primary N) is 3. The first-order valence-electron chi connectivity index (χ1n) is 4.77. The zero-order valence-electron chi connectivity index (χ0n) is 9.58. The van der Waals surface area contributed by atoms with Gasteiger partial charge in [0.1, 0.15) is 5.37 Å². The molecule has 17 heavy (non-hydrogen) atoms. The van der Waals surface area contributed by atoms with E-state index < -0.39 is 16.0 Å². The third kappa shape index (κ3) is 3.90. The molecule has 1 unspecified atom stereocenters. The van der Waals surface area contributed by atoms with Crippen molar-refractivity contribution >= 4 is 35.0 Å². The zero-order chi connectivity index (χ0) is 13.1. The largest absolute Gasteiger partial charge is 0.370 e. The third-order valence-corrected chi connectivity index (χ3v) is 3.94. The Morgan fingerprint density at radius 2 is 2.18 bits per heavy atom. The van der Waals surface area contributed by atoms with Gasteiger partial charge in [-0.2, -0.15) is 0 Å². The number of aromatic nitrogens is 1. The number of primary amides is 1. The van der Waals surface area contributed by atoms with Crippen LogP contribution in [0.5, 0.6) is 0 Å². The van der Waals surface area contributed by atoms with E-state index in [9.17, 15) is 4.79 Å². The van der Waals surface area contributed by atoms with Gasteiger partial charge in [0.2, 0.25) is 5.91 Å². The lowest BCUT2D eigenvalue weighted by atomic mass is 10.2. The van der Waals surface area contributed by atoms with Gasteiger partial charge >= 0.3 is 0 Å². The summed E-state index contributed by atoms with van der Waals surface area (Å²) >= 11 is 2.70. The molecule has 6 N–H and O–H groups in total.